The number of aliphatic hydroxyl groups is 2. The first kappa shape index (κ1) is 61.7. The largest absolute Gasteiger partial charge is 0.489 e. The zero-order valence-corrected chi connectivity index (χ0v) is 48.8. The maximum Gasteiger partial charge on any atom is 0.219 e. The van der Waals surface area contributed by atoms with Gasteiger partial charge in [0.1, 0.15) is 60.4 Å². The van der Waals surface area contributed by atoms with E-state index in [1.807, 2.05) is 28.3 Å². The zero-order valence-electron chi connectivity index (χ0n) is 48.0. The SMILES string of the molecule is CC(=O)N1CCC(Nc2cc(C(=O)CC[C@H](O)CCl)ncn2)CC1.CC(=O)N1CCC(Nc2cc(C(=O)CC[C@H](O)CN3CCc4c(ccc(OCc5cn[nH]c5)c4C)C3)ncn2)CC1.Cc1c(OCc2cn[nH]c2)ccc2c1CCNC2. The Hall–Kier alpha value is -7.37. The average Bonchev–Trinajstić information content (AvgIpc) is 4.37. The Morgan fingerprint density at radius 2 is 1.17 bits per heavy atom. The molecule has 0 aliphatic carbocycles. The molecular weight excluding hydrogens is 1080 g/mol. The Morgan fingerprint density at radius 1 is 0.675 bits per heavy atom. The average molecular weight is 1160 g/mol. The molecule has 2 atom stereocenters. The number of aliphatic hydroxyl groups excluding tert-OH is 2. The number of likely N-dealkylation sites (tertiary alicyclic amines) is 2. The highest BCUT2D eigenvalue weighted by Gasteiger charge is 2.25. The molecule has 23 heteroatoms. The molecule has 83 heavy (non-hydrogen) atoms. The van der Waals surface area contributed by atoms with Crippen molar-refractivity contribution in [3.63, 3.8) is 0 Å². The number of halogens is 1. The number of H-pyrrole nitrogens is 2. The van der Waals surface area contributed by atoms with E-state index in [0.29, 0.717) is 68.7 Å². The standard InChI is InChI=1S/C30H39N7O4.C16H23ClN4O3.C14H17N3O/c1-20-26-9-10-36(16-23(26)3-6-29(20)41-18-22-14-33-34-15-22)17-25(39)4-5-28(40)27-13-30(32-19-31-27)35-24-7-11-37(12-8-24)21(2)38;1-11(22)21-6-4-12(5-7-21)20-16-8-14(18-10-19-16)15(24)3-2-13(23)9-17;1-10-13-4-5-15-8-12(13)2-3-14(10)18-9-11-6-16-17-7-11/h3,6,13-15,19,24-25,39H,4-5,7-12,16-18H2,1-2H3,(H,33,34)(H,31,32,35);8,10,12-13,23H,2-7,9H2,1H3,(H,18,19,20);2-3,6-7,15H,4-5,8-9H2,1H3,(H,16,17)/t25-;13-;/m00./s1. The summed E-state index contributed by atoms with van der Waals surface area (Å²) < 4.78 is 11.9. The molecule has 0 radical (unpaired) electrons. The molecule has 0 saturated carbocycles. The molecule has 0 unspecified atom stereocenters. The van der Waals surface area contributed by atoms with Gasteiger partial charge in [0.05, 0.1) is 24.6 Å². The van der Waals surface area contributed by atoms with Gasteiger partial charge < -0.3 is 45.4 Å². The van der Waals surface area contributed by atoms with Crippen molar-refractivity contribution >= 4 is 46.6 Å². The summed E-state index contributed by atoms with van der Waals surface area (Å²) in [4.78, 5) is 70.4. The monoisotopic (exact) mass is 1160 g/mol. The van der Waals surface area contributed by atoms with E-state index >= 15 is 0 Å². The number of carbonyl (C=O) groups is 4. The molecule has 4 aliphatic rings. The topological polar surface area (TPSA) is 282 Å². The number of piperidine rings is 2. The third-order valence-corrected chi connectivity index (χ3v) is 16.0. The lowest BCUT2D eigenvalue weighted by atomic mass is 9.94. The third kappa shape index (κ3) is 18.3. The van der Waals surface area contributed by atoms with Gasteiger partial charge in [0.2, 0.25) is 11.8 Å². The van der Waals surface area contributed by atoms with Crippen molar-refractivity contribution < 1.29 is 38.9 Å². The van der Waals surface area contributed by atoms with Crippen molar-refractivity contribution in [2.75, 3.05) is 62.3 Å². The molecule has 22 nitrogen and oxygen atoms in total. The third-order valence-electron chi connectivity index (χ3n) is 15.7. The minimum Gasteiger partial charge on any atom is -0.489 e. The van der Waals surface area contributed by atoms with Crippen LogP contribution >= 0.6 is 11.6 Å². The molecule has 2 amide bonds. The number of anilines is 2. The van der Waals surface area contributed by atoms with Gasteiger partial charge >= 0.3 is 0 Å². The number of nitrogens with zero attached hydrogens (tertiary/aromatic N) is 9. The molecule has 7 N–H and O–H groups in total. The summed E-state index contributed by atoms with van der Waals surface area (Å²) >= 11 is 5.52. The fraction of sp³-hybridized carbons (Fsp3) is 0.500. The molecule has 2 saturated heterocycles. The number of β-amino-alcohol motifs (C(OH)–C–C–N with tert-alkyl or cyclic N) is 1. The van der Waals surface area contributed by atoms with Crippen molar-refractivity contribution in [2.24, 2.45) is 0 Å². The number of benzene rings is 2. The van der Waals surface area contributed by atoms with Gasteiger partial charge in [-0.05, 0) is 117 Å². The molecule has 4 aromatic heterocycles. The summed E-state index contributed by atoms with van der Waals surface area (Å²) in [7, 11) is 0. The number of aromatic amines is 2. The molecule has 2 aromatic carbocycles. The lowest BCUT2D eigenvalue weighted by Crippen LogP contribution is -2.41. The maximum absolute atomic E-state index is 12.9. The number of hydrogen-bond acceptors (Lipinski definition) is 18. The smallest absolute Gasteiger partial charge is 0.219 e. The summed E-state index contributed by atoms with van der Waals surface area (Å²) in [6, 6.07) is 12.1. The van der Waals surface area contributed by atoms with Crippen LogP contribution in [0.3, 0.4) is 0 Å². The number of aromatic nitrogens is 8. The first-order chi connectivity index (χ1) is 40.2. The number of rotatable bonds is 21. The van der Waals surface area contributed by atoms with Crippen molar-refractivity contribution in [1.82, 2.24) is 60.3 Å². The number of ketones is 2. The highest BCUT2D eigenvalue weighted by Crippen LogP contribution is 2.31. The number of amides is 2. The Bertz CT molecular complexity index is 3060. The van der Waals surface area contributed by atoms with Gasteiger partial charge in [0, 0.05) is 133 Å². The molecule has 4 aliphatic heterocycles. The second-order valence-electron chi connectivity index (χ2n) is 21.7. The zero-order chi connectivity index (χ0) is 58.7. The second-order valence-corrected chi connectivity index (χ2v) is 22.0. The van der Waals surface area contributed by atoms with Gasteiger partial charge in [-0.25, -0.2) is 19.9 Å². The summed E-state index contributed by atoms with van der Waals surface area (Å²) in [6.07, 6.45) is 15.1. The summed E-state index contributed by atoms with van der Waals surface area (Å²) in [6.45, 7) is 15.5. The van der Waals surface area contributed by atoms with Crippen molar-refractivity contribution in [3.05, 3.63) is 130 Å². The first-order valence-corrected chi connectivity index (χ1v) is 29.3. The second kappa shape index (κ2) is 30.8. The molecule has 0 bridgehead atoms. The van der Waals surface area contributed by atoms with Crippen LogP contribution in [0, 0.1) is 13.8 Å². The number of Topliss-reactive ketones (excluding diaryl/α,β-unsaturated/α-hetero) is 2. The van der Waals surface area contributed by atoms with Crippen LogP contribution in [0.25, 0.3) is 0 Å². The molecule has 6 aromatic rings. The lowest BCUT2D eigenvalue weighted by molar-refractivity contribution is -0.130. The number of hydrogen-bond donors (Lipinski definition) is 7. The molecule has 2 fully saturated rings. The van der Waals surface area contributed by atoms with E-state index in [0.717, 1.165) is 106 Å². The van der Waals surface area contributed by atoms with Crippen LogP contribution in [-0.4, -0.2) is 165 Å². The van der Waals surface area contributed by atoms with E-state index in [1.165, 1.54) is 40.5 Å². The Labute approximate surface area is 489 Å². The number of alkyl halides is 1. The van der Waals surface area contributed by atoms with Gasteiger partial charge in [-0.2, -0.15) is 10.2 Å². The number of nitrogens with one attached hydrogen (secondary N) is 5. The van der Waals surface area contributed by atoms with E-state index in [9.17, 15) is 29.4 Å². The summed E-state index contributed by atoms with van der Waals surface area (Å²) in [5, 5.41) is 43.7. The van der Waals surface area contributed by atoms with Crippen LogP contribution in [-0.2, 0) is 48.7 Å². The molecule has 0 spiro atoms. The van der Waals surface area contributed by atoms with E-state index in [1.54, 1.807) is 38.4 Å². The van der Waals surface area contributed by atoms with E-state index in [2.05, 4.69) is 93.2 Å². The Morgan fingerprint density at radius 3 is 1.65 bits per heavy atom. The van der Waals surface area contributed by atoms with Crippen LogP contribution in [0.5, 0.6) is 11.5 Å². The van der Waals surface area contributed by atoms with Gasteiger partial charge in [-0.3, -0.25) is 34.3 Å². The quantitative estimate of drug-likeness (QED) is 0.0308. The Kier molecular flexibility index (Phi) is 22.9. The molecule has 8 heterocycles. The fourth-order valence-corrected chi connectivity index (χ4v) is 10.9. The lowest BCUT2D eigenvalue weighted by Gasteiger charge is -2.32. The maximum atomic E-state index is 12.9. The molecular formula is C60H79ClN14O8. The van der Waals surface area contributed by atoms with E-state index in [4.69, 9.17) is 21.1 Å². The van der Waals surface area contributed by atoms with E-state index in [-0.39, 0.29) is 54.2 Å². The predicted octanol–water partition coefficient (Wildman–Crippen LogP) is 6.30. The molecule has 444 valence electrons. The number of ether oxygens (including phenoxy) is 2. The minimum absolute atomic E-state index is 0.0995. The van der Waals surface area contributed by atoms with Crippen LogP contribution in [0.4, 0.5) is 11.6 Å². The van der Waals surface area contributed by atoms with E-state index < -0.39 is 12.2 Å². The van der Waals surface area contributed by atoms with Crippen LogP contribution in [0.1, 0.15) is 131 Å². The minimum atomic E-state index is -0.679. The number of carbonyl (C=O) groups excluding carboxylic acids is 4. The number of fused-ring (bicyclic) bond motifs is 2. The van der Waals surface area contributed by atoms with Crippen LogP contribution in [0.15, 0.2) is 73.8 Å². The first-order valence-electron chi connectivity index (χ1n) is 28.7. The van der Waals surface area contributed by atoms with Gasteiger partial charge in [0.15, 0.2) is 11.6 Å². The molecule has 10 rings (SSSR count). The van der Waals surface area contributed by atoms with Crippen molar-refractivity contribution in [1.29, 1.82) is 0 Å². The normalized spacial score (nSPS) is 16.2. The van der Waals surface area contributed by atoms with Gasteiger partial charge in [-0.1, -0.05) is 12.1 Å². The predicted molar refractivity (Wildman–Crippen MR) is 314 cm³/mol. The highest BCUT2D eigenvalue weighted by atomic mass is 35.5. The van der Waals surface area contributed by atoms with Gasteiger partial charge in [0.25, 0.3) is 0 Å². The van der Waals surface area contributed by atoms with Gasteiger partial charge in [-0.15, -0.1) is 11.6 Å². The highest BCUT2D eigenvalue weighted by molar-refractivity contribution is 6.18. The summed E-state index contributed by atoms with van der Waals surface area (Å²) in [5.74, 6) is 3.15. The van der Waals surface area contributed by atoms with Crippen LogP contribution < -0.4 is 25.4 Å². The summed E-state index contributed by atoms with van der Waals surface area (Å²) in [5.41, 5.74) is 10.6. The fourth-order valence-electron chi connectivity index (χ4n) is 10.7. The van der Waals surface area contributed by atoms with Crippen molar-refractivity contribution in [2.45, 2.75) is 142 Å². The Balaban J connectivity index is 0.000000180. The van der Waals surface area contributed by atoms with Crippen LogP contribution in [0.2, 0.25) is 0 Å². The van der Waals surface area contributed by atoms with Crippen molar-refractivity contribution in [3.8, 4) is 11.5 Å².